The normalized spacial score (nSPS) is 10.3. The van der Waals surface area contributed by atoms with Crippen LogP contribution in [-0.4, -0.2) is 16.4 Å². The predicted molar refractivity (Wildman–Crippen MR) is 80.1 cm³/mol. The largest absolute Gasteiger partial charge is 0.487 e. The summed E-state index contributed by atoms with van der Waals surface area (Å²) in [6, 6.07) is 7.75. The Kier molecular flexibility index (Phi) is 4.03. The van der Waals surface area contributed by atoms with Crippen molar-refractivity contribution in [1.29, 1.82) is 0 Å². The Morgan fingerprint density at radius 1 is 1.35 bits per heavy atom. The second kappa shape index (κ2) is 5.74. The molecule has 0 N–H and O–H groups in total. The molecule has 0 unspecified atom stereocenters. The summed E-state index contributed by atoms with van der Waals surface area (Å²) in [6.07, 6.45) is 1.65. The second-order valence-corrected chi connectivity index (χ2v) is 4.63. The molecule has 0 saturated carbocycles. The number of aromatic nitrogens is 2. The van der Waals surface area contributed by atoms with Crippen LogP contribution in [0.1, 0.15) is 11.3 Å². The number of benzene rings is 1. The molecule has 20 heavy (non-hydrogen) atoms. The van der Waals surface area contributed by atoms with E-state index in [1.165, 1.54) is 4.68 Å². The van der Waals surface area contributed by atoms with Crippen molar-refractivity contribution in [3.05, 3.63) is 58.5 Å². The average Bonchev–Trinajstić information content (AvgIpc) is 2.42. The van der Waals surface area contributed by atoms with Crippen molar-refractivity contribution in [1.82, 2.24) is 9.78 Å². The highest BCUT2D eigenvalue weighted by molar-refractivity contribution is 5.73. The van der Waals surface area contributed by atoms with Gasteiger partial charge in [-0.25, -0.2) is 4.68 Å². The lowest BCUT2D eigenvalue weighted by Crippen LogP contribution is -2.24. The van der Waals surface area contributed by atoms with Gasteiger partial charge in [-0.1, -0.05) is 36.9 Å². The Hall–Kier alpha value is -2.36. The van der Waals surface area contributed by atoms with Crippen molar-refractivity contribution in [2.75, 3.05) is 6.61 Å². The maximum atomic E-state index is 12.5. The maximum Gasteiger partial charge on any atom is 0.278 e. The van der Waals surface area contributed by atoms with E-state index < -0.39 is 0 Å². The third-order valence-corrected chi connectivity index (χ3v) is 3.12. The first-order chi connectivity index (χ1) is 9.56. The first kappa shape index (κ1) is 14.1. The smallest absolute Gasteiger partial charge is 0.278 e. The van der Waals surface area contributed by atoms with Gasteiger partial charge in [-0.2, -0.15) is 5.10 Å². The van der Waals surface area contributed by atoms with Crippen molar-refractivity contribution < 1.29 is 4.74 Å². The van der Waals surface area contributed by atoms with E-state index in [0.29, 0.717) is 23.6 Å². The number of ether oxygens (including phenoxy) is 1. The summed E-state index contributed by atoms with van der Waals surface area (Å²) in [5, 5.41) is 4.19. The Morgan fingerprint density at radius 3 is 2.70 bits per heavy atom. The zero-order chi connectivity index (χ0) is 14.7. The van der Waals surface area contributed by atoms with E-state index in [-0.39, 0.29) is 5.56 Å². The van der Waals surface area contributed by atoms with Crippen LogP contribution < -0.4 is 10.3 Å². The van der Waals surface area contributed by atoms with Crippen LogP contribution in [-0.2, 0) is 7.05 Å². The molecule has 0 fully saturated rings. The fraction of sp³-hybridized carbons (Fsp3) is 0.250. The van der Waals surface area contributed by atoms with E-state index >= 15 is 0 Å². The topological polar surface area (TPSA) is 44.1 Å². The standard InChI is InChI=1S/C16H18N2O2/c1-5-10-20-15-12(3)17-18(4)16(19)14(15)13-9-7-6-8-11(13)2/h5-9H,1,10H2,2-4H3. The van der Waals surface area contributed by atoms with Crippen molar-refractivity contribution in [3.63, 3.8) is 0 Å². The molecule has 2 aromatic rings. The van der Waals surface area contributed by atoms with Crippen molar-refractivity contribution in [2.45, 2.75) is 13.8 Å². The van der Waals surface area contributed by atoms with Gasteiger partial charge in [0, 0.05) is 7.05 Å². The summed E-state index contributed by atoms with van der Waals surface area (Å²) >= 11 is 0. The minimum Gasteiger partial charge on any atom is -0.487 e. The second-order valence-electron chi connectivity index (χ2n) is 4.63. The van der Waals surface area contributed by atoms with E-state index in [9.17, 15) is 4.79 Å². The van der Waals surface area contributed by atoms with Gasteiger partial charge >= 0.3 is 0 Å². The predicted octanol–water partition coefficient (Wildman–Crippen LogP) is 2.63. The maximum absolute atomic E-state index is 12.5. The summed E-state index contributed by atoms with van der Waals surface area (Å²) in [5.41, 5.74) is 2.98. The Morgan fingerprint density at radius 2 is 2.05 bits per heavy atom. The summed E-state index contributed by atoms with van der Waals surface area (Å²) in [4.78, 5) is 12.5. The zero-order valence-electron chi connectivity index (χ0n) is 12.0. The number of hydrogen-bond acceptors (Lipinski definition) is 3. The lowest BCUT2D eigenvalue weighted by atomic mass is 10.0. The summed E-state index contributed by atoms with van der Waals surface area (Å²) in [5.74, 6) is 0.530. The highest BCUT2D eigenvalue weighted by atomic mass is 16.5. The highest BCUT2D eigenvalue weighted by Crippen LogP contribution is 2.30. The van der Waals surface area contributed by atoms with E-state index in [1.54, 1.807) is 13.1 Å². The molecule has 0 aliphatic heterocycles. The summed E-state index contributed by atoms with van der Waals surface area (Å²) < 4.78 is 7.01. The molecule has 1 heterocycles. The van der Waals surface area contributed by atoms with Crippen LogP contribution in [0.3, 0.4) is 0 Å². The quantitative estimate of drug-likeness (QED) is 0.802. The third-order valence-electron chi connectivity index (χ3n) is 3.12. The first-order valence-electron chi connectivity index (χ1n) is 6.44. The first-order valence-corrected chi connectivity index (χ1v) is 6.44. The zero-order valence-corrected chi connectivity index (χ0v) is 12.0. The van der Waals surface area contributed by atoms with Crippen LogP contribution in [0.15, 0.2) is 41.7 Å². The van der Waals surface area contributed by atoms with Crippen LogP contribution in [0.4, 0.5) is 0 Å². The van der Waals surface area contributed by atoms with E-state index in [2.05, 4.69) is 11.7 Å². The van der Waals surface area contributed by atoms with Gasteiger partial charge in [-0.05, 0) is 25.0 Å². The fourth-order valence-corrected chi connectivity index (χ4v) is 2.17. The van der Waals surface area contributed by atoms with Crippen molar-refractivity contribution >= 4 is 0 Å². The molecule has 0 saturated heterocycles. The van der Waals surface area contributed by atoms with E-state index in [4.69, 9.17) is 4.74 Å². The summed E-state index contributed by atoms with van der Waals surface area (Å²) in [6.45, 7) is 7.79. The van der Waals surface area contributed by atoms with Crippen LogP contribution in [0.5, 0.6) is 5.75 Å². The minimum atomic E-state index is -0.163. The molecule has 4 heteroatoms. The molecule has 0 amide bonds. The van der Waals surface area contributed by atoms with Gasteiger partial charge in [0.1, 0.15) is 12.3 Å². The minimum absolute atomic E-state index is 0.163. The Bertz CT molecular complexity index is 702. The molecule has 1 aromatic heterocycles. The van der Waals surface area contributed by atoms with Crippen molar-refractivity contribution in [2.24, 2.45) is 7.05 Å². The van der Waals surface area contributed by atoms with Crippen LogP contribution in [0.25, 0.3) is 11.1 Å². The molecule has 0 aliphatic carbocycles. The number of rotatable bonds is 4. The van der Waals surface area contributed by atoms with Crippen molar-refractivity contribution in [3.8, 4) is 16.9 Å². The van der Waals surface area contributed by atoms with Gasteiger partial charge in [-0.15, -0.1) is 0 Å². The highest BCUT2D eigenvalue weighted by Gasteiger charge is 2.18. The van der Waals surface area contributed by atoms with Gasteiger partial charge in [-0.3, -0.25) is 4.79 Å². The lowest BCUT2D eigenvalue weighted by Gasteiger charge is -2.14. The van der Waals surface area contributed by atoms with E-state index in [0.717, 1.165) is 11.1 Å². The molecule has 2 rings (SSSR count). The Balaban J connectivity index is 2.75. The van der Waals surface area contributed by atoms with Gasteiger partial charge in [0.05, 0.1) is 5.56 Å². The Labute approximate surface area is 118 Å². The fourth-order valence-electron chi connectivity index (χ4n) is 2.17. The van der Waals surface area contributed by atoms with E-state index in [1.807, 2.05) is 38.1 Å². The van der Waals surface area contributed by atoms with Gasteiger partial charge < -0.3 is 4.74 Å². The summed E-state index contributed by atoms with van der Waals surface area (Å²) in [7, 11) is 1.65. The molecule has 1 aromatic carbocycles. The van der Waals surface area contributed by atoms with Crippen LogP contribution in [0.2, 0.25) is 0 Å². The number of aryl methyl sites for hydroxylation is 3. The molecule has 4 nitrogen and oxygen atoms in total. The molecular formula is C16H18N2O2. The van der Waals surface area contributed by atoms with Crippen LogP contribution >= 0.6 is 0 Å². The van der Waals surface area contributed by atoms with Gasteiger partial charge in [0.25, 0.3) is 5.56 Å². The monoisotopic (exact) mass is 270 g/mol. The average molecular weight is 270 g/mol. The molecule has 0 spiro atoms. The molecule has 0 aliphatic rings. The van der Waals surface area contributed by atoms with Gasteiger partial charge in [0.2, 0.25) is 0 Å². The molecule has 0 radical (unpaired) electrons. The number of hydrogen-bond donors (Lipinski definition) is 0. The SMILES string of the molecule is C=CCOc1c(C)nn(C)c(=O)c1-c1ccccc1C. The molecule has 0 bridgehead atoms. The third kappa shape index (κ3) is 2.50. The number of nitrogens with zero attached hydrogens (tertiary/aromatic N) is 2. The molecular weight excluding hydrogens is 252 g/mol. The molecule has 104 valence electrons. The van der Waals surface area contributed by atoms with Gasteiger partial charge in [0.15, 0.2) is 5.75 Å². The lowest BCUT2D eigenvalue weighted by molar-refractivity contribution is 0.356. The molecule has 0 atom stereocenters. The van der Waals surface area contributed by atoms with Crippen LogP contribution in [0, 0.1) is 13.8 Å².